The molecule has 1 aliphatic rings. The summed E-state index contributed by atoms with van der Waals surface area (Å²) in [5.41, 5.74) is 0. The average Bonchev–Trinajstić information content (AvgIpc) is 2.63. The third-order valence-electron chi connectivity index (χ3n) is 2.94. The molecule has 0 bridgehead atoms. The van der Waals surface area contributed by atoms with E-state index in [2.05, 4.69) is 11.2 Å². The minimum Gasteiger partial charge on any atom is -0.480 e. The molecule has 0 aliphatic carbocycles. The number of carbonyl (C=O) groups is 2. The fourth-order valence-electron chi connectivity index (χ4n) is 2.00. The zero-order valence-corrected chi connectivity index (χ0v) is 12.3. The van der Waals surface area contributed by atoms with Gasteiger partial charge in [-0.2, -0.15) is 0 Å². The van der Waals surface area contributed by atoms with Crippen LogP contribution in [0.15, 0.2) is 0 Å². The van der Waals surface area contributed by atoms with E-state index in [-0.39, 0.29) is 12.6 Å². The van der Waals surface area contributed by atoms with Gasteiger partial charge in [0.15, 0.2) is 0 Å². The first-order chi connectivity index (χ1) is 9.63. The van der Waals surface area contributed by atoms with Gasteiger partial charge < -0.3 is 15.3 Å². The summed E-state index contributed by atoms with van der Waals surface area (Å²) < 4.78 is 0. The van der Waals surface area contributed by atoms with E-state index in [4.69, 9.17) is 11.5 Å². The Labute approximate surface area is 123 Å². The molecule has 112 valence electrons. The lowest BCUT2D eigenvalue weighted by molar-refractivity contribution is -0.138. The Balaban J connectivity index is 2.24. The molecule has 20 heavy (non-hydrogen) atoms. The summed E-state index contributed by atoms with van der Waals surface area (Å²) in [5, 5.41) is 11.6. The molecular weight excluding hydrogens is 278 g/mol. The molecule has 2 amide bonds. The second kappa shape index (κ2) is 9.50. The molecule has 6 nitrogen and oxygen atoms in total. The van der Waals surface area contributed by atoms with E-state index < -0.39 is 5.97 Å². The van der Waals surface area contributed by atoms with E-state index >= 15 is 0 Å². The van der Waals surface area contributed by atoms with E-state index in [9.17, 15) is 9.59 Å². The number of hydrogen-bond acceptors (Lipinski definition) is 4. The van der Waals surface area contributed by atoms with Crippen molar-refractivity contribution in [1.29, 1.82) is 0 Å². The third kappa shape index (κ3) is 6.68. The molecule has 7 heteroatoms. The fraction of sp³-hybridized carbons (Fsp3) is 0.692. The highest BCUT2D eigenvalue weighted by atomic mass is 32.2. The minimum absolute atomic E-state index is 0.0399. The van der Waals surface area contributed by atoms with Gasteiger partial charge in [0.1, 0.15) is 0 Å². The molecule has 0 radical (unpaired) electrons. The molecule has 0 spiro atoms. The van der Waals surface area contributed by atoms with E-state index in [1.807, 2.05) is 4.90 Å². The molecule has 1 aliphatic heterocycles. The lowest BCUT2D eigenvalue weighted by Crippen LogP contribution is -2.43. The first kappa shape index (κ1) is 16.7. The van der Waals surface area contributed by atoms with Gasteiger partial charge in [-0.1, -0.05) is 5.92 Å². The summed E-state index contributed by atoms with van der Waals surface area (Å²) in [6.07, 6.45) is 5.94. The second-order valence-electron chi connectivity index (χ2n) is 4.50. The second-order valence-corrected chi connectivity index (χ2v) is 5.60. The van der Waals surface area contributed by atoms with Crippen LogP contribution >= 0.6 is 11.8 Å². The number of carboxylic acids is 1. The largest absolute Gasteiger partial charge is 0.480 e. The van der Waals surface area contributed by atoms with Crippen LogP contribution in [0, 0.1) is 12.3 Å². The number of nitrogens with one attached hydrogen (secondary N) is 1. The lowest BCUT2D eigenvalue weighted by Gasteiger charge is -2.21. The Morgan fingerprint density at radius 3 is 2.80 bits per heavy atom. The van der Waals surface area contributed by atoms with E-state index in [1.165, 1.54) is 0 Å². The van der Waals surface area contributed by atoms with Crippen molar-refractivity contribution in [2.45, 2.75) is 6.42 Å². The van der Waals surface area contributed by atoms with Crippen LogP contribution in [0.5, 0.6) is 0 Å². The van der Waals surface area contributed by atoms with Crippen molar-refractivity contribution in [1.82, 2.24) is 15.1 Å². The van der Waals surface area contributed by atoms with Gasteiger partial charge in [-0.25, -0.2) is 4.79 Å². The molecule has 0 aromatic heterocycles. The minimum atomic E-state index is -0.826. The molecule has 1 rings (SSSR count). The van der Waals surface area contributed by atoms with Crippen LogP contribution in [-0.4, -0.2) is 77.7 Å². The molecule has 1 heterocycles. The normalized spacial score (nSPS) is 16.2. The van der Waals surface area contributed by atoms with Crippen LogP contribution in [-0.2, 0) is 4.79 Å². The standard InChI is InChI=1S/C13H21N3O3S/c1-2-9-20-10-4-14-13(19)16-6-3-5-15(7-8-16)11-12(17)18/h1H,3-11H2,(H,14,19)(H,17,18). The summed E-state index contributed by atoms with van der Waals surface area (Å²) in [7, 11) is 0. The summed E-state index contributed by atoms with van der Waals surface area (Å²) in [6, 6.07) is -0.0801. The lowest BCUT2D eigenvalue weighted by atomic mass is 10.4. The van der Waals surface area contributed by atoms with Gasteiger partial charge in [-0.05, 0) is 6.42 Å². The number of rotatable bonds is 6. The molecule has 0 aromatic carbocycles. The summed E-state index contributed by atoms with van der Waals surface area (Å²) >= 11 is 1.61. The number of thioether (sulfide) groups is 1. The summed E-state index contributed by atoms with van der Waals surface area (Å²) in [6.45, 7) is 3.19. The van der Waals surface area contributed by atoms with Crippen molar-refractivity contribution in [2.75, 3.05) is 50.8 Å². The Morgan fingerprint density at radius 1 is 1.30 bits per heavy atom. The summed E-state index contributed by atoms with van der Waals surface area (Å²) in [5.74, 6) is 3.17. The predicted molar refractivity (Wildman–Crippen MR) is 79.8 cm³/mol. The molecule has 0 atom stereocenters. The predicted octanol–water partition coefficient (Wildman–Crippen LogP) is 0.155. The number of carbonyl (C=O) groups excluding carboxylic acids is 1. The molecule has 2 N–H and O–H groups in total. The topological polar surface area (TPSA) is 72.9 Å². The Bertz CT molecular complexity index is 370. The monoisotopic (exact) mass is 299 g/mol. The SMILES string of the molecule is C#CCSCCNC(=O)N1CCCN(CC(=O)O)CC1. The molecule has 0 saturated carbocycles. The van der Waals surface area contributed by atoms with E-state index in [0.29, 0.717) is 38.5 Å². The number of urea groups is 1. The van der Waals surface area contributed by atoms with Crippen LogP contribution in [0.2, 0.25) is 0 Å². The van der Waals surface area contributed by atoms with Gasteiger partial charge in [0.25, 0.3) is 0 Å². The Hall–Kier alpha value is -1.39. The molecule has 1 saturated heterocycles. The van der Waals surface area contributed by atoms with Crippen molar-refractivity contribution in [3.8, 4) is 12.3 Å². The number of hydrogen-bond donors (Lipinski definition) is 2. The van der Waals surface area contributed by atoms with Crippen molar-refractivity contribution >= 4 is 23.8 Å². The molecule has 0 aromatic rings. The van der Waals surface area contributed by atoms with Gasteiger partial charge in [-0.3, -0.25) is 9.69 Å². The first-order valence-electron chi connectivity index (χ1n) is 6.61. The molecule has 1 fully saturated rings. The zero-order chi connectivity index (χ0) is 14.8. The van der Waals surface area contributed by atoms with Crippen molar-refractivity contribution < 1.29 is 14.7 Å². The Kier molecular flexibility index (Phi) is 7.92. The maximum Gasteiger partial charge on any atom is 0.317 e. The van der Waals surface area contributed by atoms with E-state index in [0.717, 1.165) is 12.2 Å². The average molecular weight is 299 g/mol. The summed E-state index contributed by atoms with van der Waals surface area (Å²) in [4.78, 5) is 26.2. The van der Waals surface area contributed by atoms with Crippen LogP contribution in [0.25, 0.3) is 0 Å². The van der Waals surface area contributed by atoms with Gasteiger partial charge in [0, 0.05) is 38.5 Å². The quantitative estimate of drug-likeness (QED) is 0.540. The maximum absolute atomic E-state index is 11.9. The number of amides is 2. The van der Waals surface area contributed by atoms with Crippen molar-refractivity contribution in [2.24, 2.45) is 0 Å². The van der Waals surface area contributed by atoms with Gasteiger partial charge in [-0.15, -0.1) is 18.2 Å². The van der Waals surface area contributed by atoms with Crippen LogP contribution in [0.3, 0.4) is 0 Å². The molecule has 0 unspecified atom stereocenters. The first-order valence-corrected chi connectivity index (χ1v) is 7.77. The number of nitrogens with zero attached hydrogens (tertiary/aromatic N) is 2. The number of terminal acetylenes is 1. The van der Waals surface area contributed by atoms with Gasteiger partial charge >= 0.3 is 12.0 Å². The smallest absolute Gasteiger partial charge is 0.317 e. The highest BCUT2D eigenvalue weighted by Gasteiger charge is 2.19. The van der Waals surface area contributed by atoms with Gasteiger partial charge in [0.2, 0.25) is 0 Å². The highest BCUT2D eigenvalue weighted by molar-refractivity contribution is 7.99. The number of aliphatic carboxylic acids is 1. The van der Waals surface area contributed by atoms with Crippen LogP contribution in [0.1, 0.15) is 6.42 Å². The van der Waals surface area contributed by atoms with E-state index in [1.54, 1.807) is 16.7 Å². The molecular formula is C13H21N3O3S. The number of carboxylic acid groups (broad SMARTS) is 1. The Morgan fingerprint density at radius 2 is 2.10 bits per heavy atom. The maximum atomic E-state index is 11.9. The van der Waals surface area contributed by atoms with Crippen molar-refractivity contribution in [3.63, 3.8) is 0 Å². The van der Waals surface area contributed by atoms with Crippen molar-refractivity contribution in [3.05, 3.63) is 0 Å². The third-order valence-corrected chi connectivity index (χ3v) is 3.81. The fourth-order valence-corrected chi connectivity index (χ4v) is 2.51. The van der Waals surface area contributed by atoms with Crippen LogP contribution in [0.4, 0.5) is 4.79 Å². The zero-order valence-electron chi connectivity index (χ0n) is 11.5. The van der Waals surface area contributed by atoms with Crippen LogP contribution < -0.4 is 5.32 Å². The highest BCUT2D eigenvalue weighted by Crippen LogP contribution is 2.03. The van der Waals surface area contributed by atoms with Gasteiger partial charge in [0.05, 0.1) is 12.3 Å².